The van der Waals surface area contributed by atoms with E-state index in [1.807, 2.05) is 37.2 Å². The predicted octanol–water partition coefficient (Wildman–Crippen LogP) is 3.97. The molecule has 3 heterocycles. The van der Waals surface area contributed by atoms with Gasteiger partial charge in [-0.3, -0.25) is 9.36 Å². The number of nitrogens with zero attached hydrogens (tertiary/aromatic N) is 6. The maximum atomic E-state index is 14.5. The highest BCUT2D eigenvalue weighted by Gasteiger charge is 2.23. The second-order valence-electron chi connectivity index (χ2n) is 8.51. The first kappa shape index (κ1) is 22.5. The lowest BCUT2D eigenvalue weighted by Crippen LogP contribution is -2.33. The third kappa shape index (κ3) is 4.44. The number of hydrogen-bond donors (Lipinski definition) is 0. The molecule has 0 N–H and O–H groups in total. The van der Waals surface area contributed by atoms with Crippen LogP contribution in [0.5, 0.6) is 0 Å². The molecule has 1 aliphatic rings. The zero-order chi connectivity index (χ0) is 23.5. The van der Waals surface area contributed by atoms with Crippen molar-refractivity contribution in [3.05, 3.63) is 58.3 Å². The average molecular weight is 447 g/mol. The van der Waals surface area contributed by atoms with Crippen molar-refractivity contribution in [2.24, 2.45) is 7.05 Å². The van der Waals surface area contributed by atoms with E-state index < -0.39 is 5.82 Å². The Morgan fingerprint density at radius 3 is 2.33 bits per heavy atom. The quantitative estimate of drug-likeness (QED) is 0.604. The summed E-state index contributed by atoms with van der Waals surface area (Å²) >= 11 is 0. The summed E-state index contributed by atoms with van der Waals surface area (Å²) < 4.78 is 16.1. The lowest BCUT2D eigenvalue weighted by Gasteiger charge is -2.25. The number of hydrogen-bond acceptors (Lipinski definition) is 6. The summed E-state index contributed by atoms with van der Waals surface area (Å²) in [7, 11) is 5.51. The van der Waals surface area contributed by atoms with E-state index in [-0.39, 0.29) is 11.1 Å². The molecule has 8 heteroatoms. The number of anilines is 2. The Morgan fingerprint density at radius 2 is 1.76 bits per heavy atom. The summed E-state index contributed by atoms with van der Waals surface area (Å²) in [4.78, 5) is 27.0. The molecule has 0 atom stereocenters. The predicted molar refractivity (Wildman–Crippen MR) is 128 cm³/mol. The lowest BCUT2D eigenvalue weighted by atomic mass is 10.0. The van der Waals surface area contributed by atoms with Crippen LogP contribution in [0, 0.1) is 17.1 Å². The van der Waals surface area contributed by atoms with Crippen molar-refractivity contribution in [2.75, 3.05) is 37.0 Å². The molecule has 4 rings (SSSR count). The van der Waals surface area contributed by atoms with Crippen molar-refractivity contribution >= 4 is 11.8 Å². The fourth-order valence-corrected chi connectivity index (χ4v) is 4.16. The van der Waals surface area contributed by atoms with Crippen molar-refractivity contribution < 1.29 is 4.39 Å². The molecular formula is C25H27FN6O. The van der Waals surface area contributed by atoms with Crippen LogP contribution < -0.4 is 15.4 Å². The minimum absolute atomic E-state index is 0.0473. The standard InChI is InChI=1S/C25H27FN6O/c1-30(2)21-11-10-19(16-28-21)22-23(17-8-9-18(15-27)20(26)14-17)29-25(31(3)24(22)33)32-12-6-4-5-7-13-32/h8-11,14,16H,4-7,12-13H2,1-3H3. The molecule has 0 aliphatic carbocycles. The molecule has 0 spiro atoms. The van der Waals surface area contributed by atoms with Crippen LogP contribution in [0.3, 0.4) is 0 Å². The monoisotopic (exact) mass is 446 g/mol. The molecule has 0 unspecified atom stereocenters. The van der Waals surface area contributed by atoms with Crippen molar-refractivity contribution in [1.29, 1.82) is 5.26 Å². The van der Waals surface area contributed by atoms with Gasteiger partial charge in [-0.05, 0) is 37.1 Å². The molecule has 170 valence electrons. The molecule has 7 nitrogen and oxygen atoms in total. The number of halogens is 1. The van der Waals surface area contributed by atoms with Gasteiger partial charge in [0.2, 0.25) is 5.95 Å². The van der Waals surface area contributed by atoms with Crippen molar-refractivity contribution in [2.45, 2.75) is 25.7 Å². The summed E-state index contributed by atoms with van der Waals surface area (Å²) in [6.45, 7) is 1.64. The zero-order valence-electron chi connectivity index (χ0n) is 19.2. The highest BCUT2D eigenvalue weighted by atomic mass is 19.1. The van der Waals surface area contributed by atoms with E-state index in [1.165, 1.54) is 12.1 Å². The molecule has 3 aromatic rings. The Hall–Kier alpha value is -3.73. The van der Waals surface area contributed by atoms with Crippen molar-refractivity contribution in [1.82, 2.24) is 14.5 Å². The van der Waals surface area contributed by atoms with E-state index in [0.29, 0.717) is 28.3 Å². The topological polar surface area (TPSA) is 78.0 Å². The minimum Gasteiger partial charge on any atom is -0.363 e. The molecule has 0 saturated carbocycles. The molecule has 1 aromatic carbocycles. The van der Waals surface area contributed by atoms with Gasteiger partial charge in [0, 0.05) is 51.6 Å². The second-order valence-corrected chi connectivity index (χ2v) is 8.51. The van der Waals surface area contributed by atoms with Crippen LogP contribution in [0.1, 0.15) is 31.2 Å². The first-order valence-corrected chi connectivity index (χ1v) is 11.1. The fraction of sp³-hybridized carbons (Fsp3) is 0.360. The SMILES string of the molecule is CN(C)c1ccc(-c2c(-c3ccc(C#N)c(F)c3)nc(N3CCCCCC3)n(C)c2=O)cn1. The molecule has 0 radical (unpaired) electrons. The maximum Gasteiger partial charge on any atom is 0.263 e. The fourth-order valence-electron chi connectivity index (χ4n) is 4.16. The van der Waals surface area contributed by atoms with Gasteiger partial charge in [-0.2, -0.15) is 5.26 Å². The Morgan fingerprint density at radius 1 is 1.06 bits per heavy atom. The van der Waals surface area contributed by atoms with Gasteiger partial charge >= 0.3 is 0 Å². The number of pyridine rings is 1. The van der Waals surface area contributed by atoms with Crippen molar-refractivity contribution in [3.63, 3.8) is 0 Å². The van der Waals surface area contributed by atoms with E-state index >= 15 is 0 Å². The molecule has 0 bridgehead atoms. The summed E-state index contributed by atoms with van der Waals surface area (Å²) in [5, 5.41) is 9.13. The van der Waals surface area contributed by atoms with Crippen molar-refractivity contribution in [3.8, 4) is 28.5 Å². The van der Waals surface area contributed by atoms with Crippen LogP contribution >= 0.6 is 0 Å². The van der Waals surface area contributed by atoms with Crippen LogP contribution in [0.25, 0.3) is 22.4 Å². The largest absolute Gasteiger partial charge is 0.363 e. The van der Waals surface area contributed by atoms with E-state index in [0.717, 1.165) is 44.6 Å². The Balaban J connectivity index is 1.94. The van der Waals surface area contributed by atoms with E-state index in [2.05, 4.69) is 9.88 Å². The summed E-state index contributed by atoms with van der Waals surface area (Å²) in [6, 6.07) is 9.84. The molecule has 33 heavy (non-hydrogen) atoms. The van der Waals surface area contributed by atoms with Gasteiger partial charge in [0.15, 0.2) is 0 Å². The number of aromatic nitrogens is 3. The highest BCUT2D eigenvalue weighted by molar-refractivity contribution is 5.81. The van der Waals surface area contributed by atoms with Crippen LogP contribution in [-0.4, -0.2) is 41.7 Å². The third-order valence-corrected chi connectivity index (χ3v) is 6.01. The van der Waals surface area contributed by atoms with Crippen LogP contribution in [0.2, 0.25) is 0 Å². The normalized spacial score (nSPS) is 14.0. The number of benzene rings is 1. The van der Waals surface area contributed by atoms with Gasteiger partial charge in [0.1, 0.15) is 17.7 Å². The molecular weight excluding hydrogens is 419 g/mol. The average Bonchev–Trinajstić information content (AvgIpc) is 3.10. The van der Waals surface area contributed by atoms with E-state index in [1.54, 1.807) is 23.9 Å². The number of rotatable bonds is 4. The third-order valence-electron chi connectivity index (χ3n) is 6.01. The molecule has 1 aliphatic heterocycles. The molecule has 2 aromatic heterocycles. The van der Waals surface area contributed by atoms with Gasteiger partial charge in [-0.25, -0.2) is 14.4 Å². The summed E-state index contributed by atoms with van der Waals surface area (Å²) in [5.41, 5.74) is 1.54. The summed E-state index contributed by atoms with van der Waals surface area (Å²) in [6.07, 6.45) is 6.02. The molecule has 0 amide bonds. The first-order valence-electron chi connectivity index (χ1n) is 11.1. The Labute approximate surface area is 192 Å². The second kappa shape index (κ2) is 9.41. The highest BCUT2D eigenvalue weighted by Crippen LogP contribution is 2.31. The minimum atomic E-state index is -0.638. The Kier molecular flexibility index (Phi) is 6.40. The van der Waals surface area contributed by atoms with Gasteiger partial charge < -0.3 is 9.80 Å². The lowest BCUT2D eigenvalue weighted by molar-refractivity contribution is 0.624. The first-order chi connectivity index (χ1) is 15.9. The smallest absolute Gasteiger partial charge is 0.263 e. The summed E-state index contributed by atoms with van der Waals surface area (Å²) in [5.74, 6) is 0.694. The van der Waals surface area contributed by atoms with Crippen LogP contribution in [0.15, 0.2) is 41.3 Å². The van der Waals surface area contributed by atoms with E-state index in [4.69, 9.17) is 10.2 Å². The van der Waals surface area contributed by atoms with Gasteiger partial charge in [-0.15, -0.1) is 0 Å². The van der Waals surface area contributed by atoms with Gasteiger partial charge in [0.25, 0.3) is 5.56 Å². The Bertz CT molecular complexity index is 1250. The van der Waals surface area contributed by atoms with Crippen LogP contribution in [-0.2, 0) is 7.05 Å². The van der Waals surface area contributed by atoms with Gasteiger partial charge in [-0.1, -0.05) is 18.9 Å². The molecule has 1 fully saturated rings. The number of nitriles is 1. The van der Waals surface area contributed by atoms with Gasteiger partial charge in [0.05, 0.1) is 16.8 Å². The molecule has 1 saturated heterocycles. The van der Waals surface area contributed by atoms with E-state index in [9.17, 15) is 9.18 Å². The maximum absolute atomic E-state index is 14.5. The zero-order valence-corrected chi connectivity index (χ0v) is 19.2. The van der Waals surface area contributed by atoms with Crippen LogP contribution in [0.4, 0.5) is 16.2 Å².